The van der Waals surface area contributed by atoms with Gasteiger partial charge in [0.05, 0.1) is 10.6 Å². The van der Waals surface area contributed by atoms with Gasteiger partial charge < -0.3 is 10.2 Å². The van der Waals surface area contributed by atoms with Crippen molar-refractivity contribution >= 4 is 27.5 Å². The number of nitrogens with zero attached hydrogens (tertiary/aromatic N) is 2. The van der Waals surface area contributed by atoms with Crippen molar-refractivity contribution in [3.05, 3.63) is 132 Å². The molecule has 0 spiro atoms. The van der Waals surface area contributed by atoms with E-state index in [2.05, 4.69) is 5.32 Å². The van der Waals surface area contributed by atoms with Crippen molar-refractivity contribution in [2.24, 2.45) is 0 Å². The number of amides is 2. The van der Waals surface area contributed by atoms with E-state index in [0.717, 1.165) is 41.1 Å². The van der Waals surface area contributed by atoms with Gasteiger partial charge in [-0.1, -0.05) is 99.5 Å². The van der Waals surface area contributed by atoms with Crippen LogP contribution in [0.4, 0.5) is 10.1 Å². The third-order valence-corrected chi connectivity index (χ3v) is 10.5. The Bertz CT molecular complexity index is 1730. The number of anilines is 1. The maximum absolute atomic E-state index is 14.6. The van der Waals surface area contributed by atoms with Crippen LogP contribution in [0.15, 0.2) is 114 Å². The van der Waals surface area contributed by atoms with Crippen LogP contribution in [0.5, 0.6) is 0 Å². The van der Waals surface area contributed by atoms with Crippen molar-refractivity contribution in [2.45, 2.75) is 75.4 Å². The number of carbonyl (C=O) groups is 2. The third-order valence-electron chi connectivity index (χ3n) is 8.70. The van der Waals surface area contributed by atoms with Gasteiger partial charge in [0, 0.05) is 19.0 Å². The first-order valence-corrected chi connectivity index (χ1v) is 17.6. The molecule has 1 aliphatic rings. The number of benzene rings is 4. The quantitative estimate of drug-likeness (QED) is 0.171. The molecule has 0 saturated heterocycles. The summed E-state index contributed by atoms with van der Waals surface area (Å²) in [5.41, 5.74) is 2.84. The number of rotatable bonds is 13. The molecule has 9 heteroatoms. The lowest BCUT2D eigenvalue weighted by atomic mass is 10.0. The van der Waals surface area contributed by atoms with Gasteiger partial charge in [0.25, 0.3) is 10.0 Å². The maximum atomic E-state index is 14.6. The number of hydrogen-bond donors (Lipinski definition) is 1. The van der Waals surface area contributed by atoms with E-state index in [-0.39, 0.29) is 35.7 Å². The van der Waals surface area contributed by atoms with Crippen molar-refractivity contribution in [1.29, 1.82) is 0 Å². The molecular weight excluding hydrogens is 614 g/mol. The summed E-state index contributed by atoms with van der Waals surface area (Å²) in [6, 6.07) is 29.4. The number of sulfonamides is 1. The summed E-state index contributed by atoms with van der Waals surface area (Å²) in [6.07, 6.45) is 4.00. The Balaban J connectivity index is 1.56. The fraction of sp³-hybridized carbons (Fsp3) is 0.316. The van der Waals surface area contributed by atoms with Gasteiger partial charge in [0.2, 0.25) is 11.8 Å². The molecule has 4 aromatic carbocycles. The first-order chi connectivity index (χ1) is 22.6. The molecule has 2 amide bonds. The highest BCUT2D eigenvalue weighted by atomic mass is 32.2. The van der Waals surface area contributed by atoms with Crippen molar-refractivity contribution < 1.29 is 22.4 Å². The van der Waals surface area contributed by atoms with Crippen LogP contribution in [0.1, 0.15) is 62.1 Å². The Morgan fingerprint density at radius 3 is 2.00 bits per heavy atom. The summed E-state index contributed by atoms with van der Waals surface area (Å²) in [6.45, 7) is 3.54. The zero-order chi connectivity index (χ0) is 33.4. The summed E-state index contributed by atoms with van der Waals surface area (Å²) in [7, 11) is -4.18. The van der Waals surface area contributed by atoms with Crippen LogP contribution in [0.25, 0.3) is 0 Å². The fourth-order valence-electron chi connectivity index (χ4n) is 5.98. The number of carbonyl (C=O) groups excluding carboxylic acids is 2. The lowest BCUT2D eigenvalue weighted by Gasteiger charge is -2.34. The van der Waals surface area contributed by atoms with Crippen molar-refractivity contribution in [2.75, 3.05) is 10.8 Å². The average Bonchev–Trinajstić information content (AvgIpc) is 3.60. The summed E-state index contributed by atoms with van der Waals surface area (Å²) >= 11 is 0. The van der Waals surface area contributed by atoms with E-state index in [0.29, 0.717) is 11.3 Å². The first-order valence-electron chi connectivity index (χ1n) is 16.2. The zero-order valence-electron chi connectivity index (χ0n) is 26.9. The van der Waals surface area contributed by atoms with Gasteiger partial charge in [-0.3, -0.25) is 13.9 Å². The minimum Gasteiger partial charge on any atom is -0.352 e. The highest BCUT2D eigenvalue weighted by Gasteiger charge is 2.35. The number of halogens is 1. The molecule has 0 radical (unpaired) electrons. The van der Waals surface area contributed by atoms with Crippen LogP contribution in [0, 0.1) is 5.82 Å². The molecular formula is C38H42FN3O4S. The highest BCUT2D eigenvalue weighted by molar-refractivity contribution is 7.92. The monoisotopic (exact) mass is 655 g/mol. The average molecular weight is 656 g/mol. The molecule has 0 bridgehead atoms. The fourth-order valence-corrected chi connectivity index (χ4v) is 7.42. The minimum absolute atomic E-state index is 0.0120. The van der Waals surface area contributed by atoms with E-state index in [1.165, 1.54) is 29.2 Å². The Morgan fingerprint density at radius 1 is 0.809 bits per heavy atom. The third kappa shape index (κ3) is 8.65. The molecule has 0 heterocycles. The molecule has 47 heavy (non-hydrogen) atoms. The molecule has 0 aromatic heterocycles. The number of nitrogens with one attached hydrogen (secondary N) is 1. The summed E-state index contributed by atoms with van der Waals surface area (Å²) < 4.78 is 43.3. The second-order valence-electron chi connectivity index (χ2n) is 12.4. The predicted octanol–water partition coefficient (Wildman–Crippen LogP) is 6.84. The SMILES string of the molecule is CC(C)c1ccc(N(CC(=O)N(Cc2ccc(F)cc2)C(Cc2ccccc2)C(=O)NC2CCCC2)S(=O)(=O)c2ccccc2)cc1. The summed E-state index contributed by atoms with van der Waals surface area (Å²) in [4.78, 5) is 30.2. The predicted molar refractivity (Wildman–Crippen MR) is 183 cm³/mol. The molecule has 0 aliphatic heterocycles. The van der Waals surface area contributed by atoms with Crippen LogP contribution in [-0.2, 0) is 32.6 Å². The Morgan fingerprint density at radius 2 is 1.40 bits per heavy atom. The lowest BCUT2D eigenvalue weighted by molar-refractivity contribution is -0.140. The molecule has 1 fully saturated rings. The van der Waals surface area contributed by atoms with E-state index < -0.39 is 34.3 Å². The molecule has 1 N–H and O–H groups in total. The van der Waals surface area contributed by atoms with E-state index in [1.54, 1.807) is 42.5 Å². The zero-order valence-corrected chi connectivity index (χ0v) is 27.7. The molecule has 7 nitrogen and oxygen atoms in total. The minimum atomic E-state index is -4.18. The highest BCUT2D eigenvalue weighted by Crippen LogP contribution is 2.27. The van der Waals surface area contributed by atoms with Gasteiger partial charge >= 0.3 is 0 Å². The van der Waals surface area contributed by atoms with Gasteiger partial charge in [-0.2, -0.15) is 0 Å². The molecule has 246 valence electrons. The summed E-state index contributed by atoms with van der Waals surface area (Å²) in [5, 5.41) is 3.16. The van der Waals surface area contributed by atoms with Gasteiger partial charge in [0.1, 0.15) is 18.4 Å². The van der Waals surface area contributed by atoms with Gasteiger partial charge in [-0.05, 0) is 71.8 Å². The first kappa shape index (κ1) is 33.9. The van der Waals surface area contributed by atoms with Crippen LogP contribution < -0.4 is 9.62 Å². The standard InChI is InChI=1S/C38H42FN3O4S/c1-28(2)31-19-23-34(24-20-31)42(47(45,46)35-15-7-4-8-16-35)27-37(43)41(26-30-17-21-32(39)22-18-30)36(25-29-11-5-3-6-12-29)38(44)40-33-13-9-10-14-33/h3-8,11-12,15-24,28,33,36H,9-10,13-14,25-27H2,1-2H3,(H,40,44). The Labute approximate surface area is 277 Å². The number of hydrogen-bond acceptors (Lipinski definition) is 4. The molecule has 1 unspecified atom stereocenters. The van der Waals surface area contributed by atoms with E-state index in [1.807, 2.05) is 56.3 Å². The van der Waals surface area contributed by atoms with E-state index in [9.17, 15) is 22.4 Å². The van der Waals surface area contributed by atoms with E-state index in [4.69, 9.17) is 0 Å². The second kappa shape index (κ2) is 15.4. The van der Waals surface area contributed by atoms with Crippen LogP contribution in [0.2, 0.25) is 0 Å². The second-order valence-corrected chi connectivity index (χ2v) is 14.3. The topological polar surface area (TPSA) is 86.8 Å². The Hall–Kier alpha value is -4.50. The molecule has 1 aliphatic carbocycles. The smallest absolute Gasteiger partial charge is 0.264 e. The lowest BCUT2D eigenvalue weighted by Crippen LogP contribution is -2.54. The van der Waals surface area contributed by atoms with Crippen LogP contribution in [0.3, 0.4) is 0 Å². The van der Waals surface area contributed by atoms with Crippen molar-refractivity contribution in [3.8, 4) is 0 Å². The largest absolute Gasteiger partial charge is 0.352 e. The molecule has 1 atom stereocenters. The van der Waals surface area contributed by atoms with Gasteiger partial charge in [0.15, 0.2) is 0 Å². The summed E-state index contributed by atoms with van der Waals surface area (Å²) in [5.74, 6) is -1.04. The van der Waals surface area contributed by atoms with E-state index >= 15 is 0 Å². The maximum Gasteiger partial charge on any atom is 0.264 e. The van der Waals surface area contributed by atoms with Crippen LogP contribution >= 0.6 is 0 Å². The van der Waals surface area contributed by atoms with Crippen molar-refractivity contribution in [1.82, 2.24) is 10.2 Å². The normalized spacial score (nSPS) is 14.1. The van der Waals surface area contributed by atoms with Crippen LogP contribution in [-0.4, -0.2) is 43.8 Å². The molecule has 5 rings (SSSR count). The molecule has 4 aromatic rings. The van der Waals surface area contributed by atoms with Gasteiger partial charge in [-0.25, -0.2) is 12.8 Å². The van der Waals surface area contributed by atoms with Gasteiger partial charge in [-0.15, -0.1) is 0 Å². The molecule has 1 saturated carbocycles. The Kier molecular flexibility index (Phi) is 11.1. The van der Waals surface area contributed by atoms with Crippen molar-refractivity contribution in [3.63, 3.8) is 0 Å².